The Balaban J connectivity index is 2.42. The number of hydrogen-bond donors (Lipinski definition) is 4. The Morgan fingerprint density at radius 2 is 1.12 bits per heavy atom. The number of aliphatic hydroxyl groups excluding tert-OH is 4. The van der Waals surface area contributed by atoms with E-state index in [-0.39, 0.29) is 19.6 Å². The van der Waals surface area contributed by atoms with Crippen LogP contribution in [0.4, 0.5) is 0 Å². The van der Waals surface area contributed by atoms with Gasteiger partial charge in [0, 0.05) is 13.0 Å². The van der Waals surface area contributed by atoms with Gasteiger partial charge in [0.1, 0.15) is 30.5 Å². The van der Waals surface area contributed by atoms with Gasteiger partial charge in [-0.1, -0.05) is 117 Å². The summed E-state index contributed by atoms with van der Waals surface area (Å²) in [5, 5.41) is 39.9. The smallest absolute Gasteiger partial charge is 0.306 e. The van der Waals surface area contributed by atoms with Crippen LogP contribution in [0.3, 0.4) is 0 Å². The van der Waals surface area contributed by atoms with E-state index in [9.17, 15) is 25.2 Å². The van der Waals surface area contributed by atoms with Crippen LogP contribution >= 0.6 is 0 Å². The van der Waals surface area contributed by atoms with Crippen molar-refractivity contribution in [3.05, 3.63) is 97.2 Å². The molecule has 6 unspecified atom stereocenters. The molecule has 9 nitrogen and oxygen atoms in total. The van der Waals surface area contributed by atoms with Crippen LogP contribution in [0, 0.1) is 0 Å². The zero-order valence-corrected chi connectivity index (χ0v) is 31.8. The monoisotopic (exact) mass is 728 g/mol. The minimum Gasteiger partial charge on any atom is -0.457 e. The number of carbonyl (C=O) groups excluding carboxylic acids is 1. The first kappa shape index (κ1) is 47.1. The summed E-state index contributed by atoms with van der Waals surface area (Å²) in [6.45, 7) is 4.11. The second kappa shape index (κ2) is 33.9. The zero-order valence-electron chi connectivity index (χ0n) is 31.8. The molecule has 1 aliphatic rings. The third-order valence-corrected chi connectivity index (χ3v) is 8.01. The second-order valence-electron chi connectivity index (χ2n) is 12.6. The maximum Gasteiger partial charge on any atom is 0.306 e. The molecule has 0 aromatic heterocycles. The van der Waals surface area contributed by atoms with E-state index in [1.807, 2.05) is 12.2 Å². The van der Waals surface area contributed by atoms with Crippen LogP contribution in [0.5, 0.6) is 0 Å². The molecule has 52 heavy (non-hydrogen) atoms. The predicted octanol–water partition coefficient (Wildman–Crippen LogP) is 7.68. The van der Waals surface area contributed by atoms with E-state index >= 15 is 0 Å². The lowest BCUT2D eigenvalue weighted by Crippen LogP contribution is -2.59. The van der Waals surface area contributed by atoms with Crippen LogP contribution in [0.25, 0.3) is 0 Å². The number of ether oxygens (including phenoxy) is 4. The number of carbonyl (C=O) groups is 1. The standard InChI is InChI=1S/C43H68O9/c1-3-5-7-9-11-13-15-17-18-19-21-23-25-27-29-31-33-49-35-37(36-50-43-42(48)41(47)40(46)38(34-44)52-43)51-39(45)32-30-28-26-24-22-20-16-14-12-10-8-6-4-2/h5-8,11-14,17-18,20-23,26,28,37-38,40-44,46-48H,3-4,9-10,15-16,19,24-25,27,29-36H2,1-2H3/b7-5-,8-6-,13-11-,14-12-,18-17-,22-20-,23-21-,28-26-. The molecule has 1 saturated heterocycles. The third-order valence-electron chi connectivity index (χ3n) is 8.01. The van der Waals surface area contributed by atoms with E-state index in [1.165, 1.54) is 0 Å². The minimum absolute atomic E-state index is 0.0873. The summed E-state index contributed by atoms with van der Waals surface area (Å²) in [6.07, 6.45) is 38.8. The first-order valence-electron chi connectivity index (χ1n) is 19.3. The summed E-state index contributed by atoms with van der Waals surface area (Å²) in [4.78, 5) is 12.7. The van der Waals surface area contributed by atoms with Gasteiger partial charge in [0.2, 0.25) is 0 Å². The Morgan fingerprint density at radius 3 is 1.63 bits per heavy atom. The number of aliphatic hydroxyl groups is 4. The fourth-order valence-corrected chi connectivity index (χ4v) is 5.02. The molecule has 0 aromatic rings. The van der Waals surface area contributed by atoms with Gasteiger partial charge in [-0.15, -0.1) is 0 Å². The molecule has 9 heteroatoms. The molecule has 0 amide bonds. The Kier molecular flexibility index (Phi) is 30.7. The van der Waals surface area contributed by atoms with Gasteiger partial charge < -0.3 is 39.4 Å². The lowest BCUT2D eigenvalue weighted by atomic mass is 9.99. The molecule has 0 aromatic carbocycles. The fourth-order valence-electron chi connectivity index (χ4n) is 5.02. The molecule has 6 atom stereocenters. The van der Waals surface area contributed by atoms with Gasteiger partial charge in [-0.25, -0.2) is 0 Å². The number of rotatable bonds is 30. The first-order valence-corrected chi connectivity index (χ1v) is 19.3. The summed E-state index contributed by atoms with van der Waals surface area (Å²) in [6, 6.07) is 0. The maximum absolute atomic E-state index is 12.7. The number of allylic oxidation sites excluding steroid dienone is 16. The van der Waals surface area contributed by atoms with Crippen molar-refractivity contribution >= 4 is 5.97 Å². The average Bonchev–Trinajstić information content (AvgIpc) is 3.14. The second-order valence-corrected chi connectivity index (χ2v) is 12.6. The molecule has 0 spiro atoms. The molecule has 1 rings (SSSR count). The highest BCUT2D eigenvalue weighted by Gasteiger charge is 2.44. The van der Waals surface area contributed by atoms with Crippen molar-refractivity contribution < 1.29 is 44.2 Å². The van der Waals surface area contributed by atoms with E-state index in [0.717, 1.165) is 77.0 Å². The average molecular weight is 729 g/mol. The number of hydrogen-bond acceptors (Lipinski definition) is 9. The predicted molar refractivity (Wildman–Crippen MR) is 210 cm³/mol. The first-order chi connectivity index (χ1) is 25.4. The van der Waals surface area contributed by atoms with Gasteiger partial charge in [0.25, 0.3) is 0 Å². The Morgan fingerprint density at radius 1 is 0.615 bits per heavy atom. The van der Waals surface area contributed by atoms with E-state index in [2.05, 4.69) is 98.9 Å². The van der Waals surface area contributed by atoms with Crippen molar-refractivity contribution in [2.45, 2.75) is 141 Å². The molecule has 4 N–H and O–H groups in total. The molecule has 0 radical (unpaired) electrons. The van der Waals surface area contributed by atoms with Gasteiger partial charge >= 0.3 is 5.97 Å². The lowest BCUT2D eigenvalue weighted by molar-refractivity contribution is -0.305. The Bertz CT molecular complexity index is 1100. The van der Waals surface area contributed by atoms with E-state index in [1.54, 1.807) is 0 Å². The van der Waals surface area contributed by atoms with Crippen LogP contribution in [0.2, 0.25) is 0 Å². The zero-order chi connectivity index (χ0) is 37.9. The van der Waals surface area contributed by atoms with Crippen molar-refractivity contribution in [3.63, 3.8) is 0 Å². The SMILES string of the molecule is CC/C=C\C/C=C\C/C=C\C/C=C\CCCCCOCC(COC1OC(CO)C(O)C(O)C1O)OC(=O)CC/C=C\C/C=C\C/C=C\C/C=C\CC. The summed E-state index contributed by atoms with van der Waals surface area (Å²) >= 11 is 0. The van der Waals surface area contributed by atoms with Gasteiger partial charge in [0.15, 0.2) is 6.29 Å². The number of esters is 1. The molecule has 0 aliphatic carbocycles. The van der Waals surface area contributed by atoms with Gasteiger partial charge in [-0.3, -0.25) is 4.79 Å². The summed E-state index contributed by atoms with van der Waals surface area (Å²) in [7, 11) is 0. The lowest BCUT2D eigenvalue weighted by Gasteiger charge is -2.39. The third kappa shape index (κ3) is 25.1. The fraction of sp³-hybridized carbons (Fsp3) is 0.605. The van der Waals surface area contributed by atoms with Crippen LogP contribution in [0.1, 0.15) is 104 Å². The van der Waals surface area contributed by atoms with Crippen LogP contribution in [-0.4, -0.2) is 89.6 Å². The summed E-state index contributed by atoms with van der Waals surface area (Å²) in [5.74, 6) is -0.411. The van der Waals surface area contributed by atoms with Crippen LogP contribution < -0.4 is 0 Å². The van der Waals surface area contributed by atoms with Gasteiger partial charge in [-0.2, -0.15) is 0 Å². The van der Waals surface area contributed by atoms with Gasteiger partial charge in [-0.05, 0) is 77.0 Å². The largest absolute Gasteiger partial charge is 0.457 e. The normalized spacial score (nSPS) is 22.3. The molecule has 294 valence electrons. The van der Waals surface area contributed by atoms with Gasteiger partial charge in [0.05, 0.1) is 19.8 Å². The van der Waals surface area contributed by atoms with E-state index in [0.29, 0.717) is 13.0 Å². The molecule has 1 heterocycles. The van der Waals surface area contributed by atoms with Crippen molar-refractivity contribution in [2.75, 3.05) is 26.4 Å². The van der Waals surface area contributed by atoms with Crippen molar-refractivity contribution in [3.8, 4) is 0 Å². The van der Waals surface area contributed by atoms with Crippen LogP contribution in [0.15, 0.2) is 97.2 Å². The molecule has 0 saturated carbocycles. The highest BCUT2D eigenvalue weighted by atomic mass is 16.7. The number of unbranched alkanes of at least 4 members (excludes halogenated alkanes) is 3. The van der Waals surface area contributed by atoms with E-state index < -0.39 is 49.4 Å². The van der Waals surface area contributed by atoms with Crippen molar-refractivity contribution in [2.24, 2.45) is 0 Å². The quantitative estimate of drug-likeness (QED) is 0.0334. The molecule has 0 bridgehead atoms. The summed E-state index contributed by atoms with van der Waals surface area (Å²) in [5.41, 5.74) is 0. The summed E-state index contributed by atoms with van der Waals surface area (Å²) < 4.78 is 22.6. The van der Waals surface area contributed by atoms with Crippen molar-refractivity contribution in [1.29, 1.82) is 0 Å². The molecule has 1 aliphatic heterocycles. The maximum atomic E-state index is 12.7. The topological polar surface area (TPSA) is 135 Å². The Hall–Kier alpha value is -2.89. The van der Waals surface area contributed by atoms with Crippen molar-refractivity contribution in [1.82, 2.24) is 0 Å². The van der Waals surface area contributed by atoms with E-state index in [4.69, 9.17) is 18.9 Å². The molecular formula is C43H68O9. The molecular weight excluding hydrogens is 660 g/mol. The highest BCUT2D eigenvalue weighted by molar-refractivity contribution is 5.69. The Labute approximate surface area is 313 Å². The molecule has 1 fully saturated rings. The minimum atomic E-state index is -1.56. The highest BCUT2D eigenvalue weighted by Crippen LogP contribution is 2.22. The van der Waals surface area contributed by atoms with Crippen LogP contribution in [-0.2, 0) is 23.7 Å².